The second-order valence-corrected chi connectivity index (χ2v) is 7.81. The number of hydrogen-bond acceptors (Lipinski definition) is 3. The fourth-order valence-corrected chi connectivity index (χ4v) is 3.43. The van der Waals surface area contributed by atoms with Crippen LogP contribution in [0.5, 0.6) is 0 Å². The summed E-state index contributed by atoms with van der Waals surface area (Å²) in [5.41, 5.74) is 0.888. The van der Waals surface area contributed by atoms with Crippen LogP contribution in [0.2, 0.25) is 0 Å². The molecule has 1 aromatic rings. The number of hydrogen-bond donors (Lipinski definition) is 0. The second-order valence-electron chi connectivity index (χ2n) is 7.81. The standard InChI is InChI=1S/C20H32N2O2/c1-6-17-12-13-18(15-21(5)19(23)24-20(2,3)4)22(17)14-16-10-8-7-9-11-16/h7-11,17-18H,6,12-15H2,1-5H3. The topological polar surface area (TPSA) is 32.8 Å². The van der Waals surface area contributed by atoms with Crippen molar-refractivity contribution < 1.29 is 9.53 Å². The van der Waals surface area contributed by atoms with Crippen LogP contribution in [0, 0.1) is 0 Å². The zero-order chi connectivity index (χ0) is 17.7. The molecule has 1 heterocycles. The van der Waals surface area contributed by atoms with Crippen LogP contribution in [0.25, 0.3) is 0 Å². The normalized spacial score (nSPS) is 21.7. The van der Waals surface area contributed by atoms with E-state index in [4.69, 9.17) is 4.74 Å². The first-order valence-electron chi connectivity index (χ1n) is 9.04. The fourth-order valence-electron chi connectivity index (χ4n) is 3.43. The van der Waals surface area contributed by atoms with Gasteiger partial charge in [-0.25, -0.2) is 4.79 Å². The van der Waals surface area contributed by atoms with E-state index in [1.165, 1.54) is 12.0 Å². The van der Waals surface area contributed by atoms with E-state index in [2.05, 4.69) is 42.2 Å². The predicted octanol–water partition coefficient (Wildman–Crippen LogP) is 4.30. The largest absolute Gasteiger partial charge is 0.444 e. The highest BCUT2D eigenvalue weighted by molar-refractivity contribution is 5.67. The zero-order valence-corrected chi connectivity index (χ0v) is 15.8. The Bertz CT molecular complexity index is 524. The Morgan fingerprint density at radius 1 is 1.21 bits per heavy atom. The van der Waals surface area contributed by atoms with Gasteiger partial charge in [-0.15, -0.1) is 0 Å². The van der Waals surface area contributed by atoms with Crippen molar-refractivity contribution >= 4 is 6.09 Å². The third kappa shape index (κ3) is 5.23. The molecule has 0 spiro atoms. The third-order valence-electron chi connectivity index (χ3n) is 4.64. The molecule has 2 unspecified atom stereocenters. The minimum atomic E-state index is -0.448. The van der Waals surface area contributed by atoms with E-state index in [0.29, 0.717) is 12.1 Å². The molecule has 0 aromatic heterocycles. The van der Waals surface area contributed by atoms with Crippen LogP contribution in [0.3, 0.4) is 0 Å². The van der Waals surface area contributed by atoms with E-state index in [9.17, 15) is 4.79 Å². The van der Waals surface area contributed by atoms with Gasteiger partial charge in [-0.3, -0.25) is 4.90 Å². The van der Waals surface area contributed by atoms with Crippen molar-refractivity contribution in [3.63, 3.8) is 0 Å². The lowest BCUT2D eigenvalue weighted by molar-refractivity contribution is 0.0244. The molecule has 1 saturated heterocycles. The number of ether oxygens (including phenoxy) is 1. The summed E-state index contributed by atoms with van der Waals surface area (Å²) >= 11 is 0. The van der Waals surface area contributed by atoms with E-state index in [1.54, 1.807) is 4.90 Å². The highest BCUT2D eigenvalue weighted by Crippen LogP contribution is 2.29. The molecule has 24 heavy (non-hydrogen) atoms. The molecule has 0 aliphatic carbocycles. The Hall–Kier alpha value is -1.55. The lowest BCUT2D eigenvalue weighted by atomic mass is 10.1. The molecule has 0 bridgehead atoms. The SMILES string of the molecule is CCC1CCC(CN(C)C(=O)OC(C)(C)C)N1Cc1ccccc1. The Morgan fingerprint density at radius 2 is 1.83 bits per heavy atom. The van der Waals surface area contributed by atoms with Crippen molar-refractivity contribution in [3.05, 3.63) is 35.9 Å². The van der Waals surface area contributed by atoms with Crippen LogP contribution in [0.1, 0.15) is 52.5 Å². The molecule has 0 radical (unpaired) electrons. The summed E-state index contributed by atoms with van der Waals surface area (Å²) in [5, 5.41) is 0. The van der Waals surface area contributed by atoms with Crippen molar-refractivity contribution in [3.8, 4) is 0 Å². The number of amides is 1. The maximum absolute atomic E-state index is 12.2. The van der Waals surface area contributed by atoms with E-state index in [-0.39, 0.29) is 6.09 Å². The molecular weight excluding hydrogens is 300 g/mol. The molecular formula is C20H32N2O2. The first-order valence-corrected chi connectivity index (χ1v) is 9.04. The quantitative estimate of drug-likeness (QED) is 0.806. The molecule has 2 atom stereocenters. The summed E-state index contributed by atoms with van der Waals surface area (Å²) < 4.78 is 5.48. The molecule has 2 rings (SSSR count). The molecule has 1 aliphatic rings. The van der Waals surface area contributed by atoms with Gasteiger partial charge in [0.15, 0.2) is 0 Å². The summed E-state index contributed by atoms with van der Waals surface area (Å²) in [6.07, 6.45) is 3.26. The average molecular weight is 332 g/mol. The number of carbonyl (C=O) groups is 1. The monoisotopic (exact) mass is 332 g/mol. The Kier molecular flexibility index (Phi) is 6.27. The summed E-state index contributed by atoms with van der Waals surface area (Å²) in [7, 11) is 1.84. The zero-order valence-electron chi connectivity index (χ0n) is 15.8. The molecule has 1 aliphatic heterocycles. The van der Waals surface area contributed by atoms with Gasteiger partial charge in [0, 0.05) is 32.2 Å². The Morgan fingerprint density at radius 3 is 2.42 bits per heavy atom. The van der Waals surface area contributed by atoms with Gasteiger partial charge in [-0.1, -0.05) is 37.3 Å². The minimum Gasteiger partial charge on any atom is -0.444 e. The van der Waals surface area contributed by atoms with Gasteiger partial charge in [0.25, 0.3) is 0 Å². The number of nitrogens with zero attached hydrogens (tertiary/aromatic N) is 2. The van der Waals surface area contributed by atoms with Crippen LogP contribution in [0.4, 0.5) is 4.79 Å². The maximum atomic E-state index is 12.2. The van der Waals surface area contributed by atoms with Crippen molar-refractivity contribution in [1.29, 1.82) is 0 Å². The maximum Gasteiger partial charge on any atom is 0.410 e. The number of rotatable bonds is 5. The van der Waals surface area contributed by atoms with Gasteiger partial charge < -0.3 is 9.64 Å². The summed E-state index contributed by atoms with van der Waals surface area (Å²) in [5.74, 6) is 0. The highest BCUT2D eigenvalue weighted by Gasteiger charge is 2.34. The first kappa shape index (κ1) is 18.8. The molecule has 4 nitrogen and oxygen atoms in total. The number of likely N-dealkylation sites (tertiary alicyclic amines) is 1. The first-order chi connectivity index (χ1) is 11.3. The van der Waals surface area contributed by atoms with Crippen molar-refractivity contribution in [1.82, 2.24) is 9.80 Å². The van der Waals surface area contributed by atoms with Gasteiger partial charge in [0.2, 0.25) is 0 Å². The van der Waals surface area contributed by atoms with E-state index >= 15 is 0 Å². The van der Waals surface area contributed by atoms with Crippen LogP contribution >= 0.6 is 0 Å². The average Bonchev–Trinajstić information content (AvgIpc) is 2.88. The van der Waals surface area contributed by atoms with Crippen LogP contribution in [-0.2, 0) is 11.3 Å². The summed E-state index contributed by atoms with van der Waals surface area (Å²) in [4.78, 5) is 16.5. The van der Waals surface area contributed by atoms with Gasteiger partial charge in [0.05, 0.1) is 0 Å². The summed E-state index contributed by atoms with van der Waals surface area (Å²) in [6, 6.07) is 11.6. The lowest BCUT2D eigenvalue weighted by Crippen LogP contribution is -2.44. The van der Waals surface area contributed by atoms with Gasteiger partial charge in [-0.2, -0.15) is 0 Å². The number of likely N-dealkylation sites (N-methyl/N-ethyl adjacent to an activating group) is 1. The molecule has 134 valence electrons. The molecule has 1 fully saturated rings. The predicted molar refractivity (Wildman–Crippen MR) is 98.0 cm³/mol. The summed E-state index contributed by atoms with van der Waals surface area (Å²) in [6.45, 7) is 9.64. The van der Waals surface area contributed by atoms with Gasteiger partial charge in [0.1, 0.15) is 5.60 Å². The van der Waals surface area contributed by atoms with Gasteiger partial charge in [-0.05, 0) is 45.6 Å². The number of carbonyl (C=O) groups excluding carboxylic acids is 1. The van der Waals surface area contributed by atoms with E-state index in [0.717, 1.165) is 25.9 Å². The molecule has 1 aromatic carbocycles. The highest BCUT2D eigenvalue weighted by atomic mass is 16.6. The fraction of sp³-hybridized carbons (Fsp3) is 0.650. The lowest BCUT2D eigenvalue weighted by Gasteiger charge is -2.33. The molecule has 1 amide bonds. The van der Waals surface area contributed by atoms with Crippen molar-refractivity contribution in [2.45, 2.75) is 71.2 Å². The Labute approximate surface area is 146 Å². The second kappa shape index (κ2) is 8.02. The van der Waals surface area contributed by atoms with Crippen LogP contribution < -0.4 is 0 Å². The minimum absolute atomic E-state index is 0.234. The third-order valence-corrected chi connectivity index (χ3v) is 4.64. The molecule has 4 heteroatoms. The number of benzene rings is 1. The smallest absolute Gasteiger partial charge is 0.410 e. The van der Waals surface area contributed by atoms with Crippen molar-refractivity contribution in [2.75, 3.05) is 13.6 Å². The van der Waals surface area contributed by atoms with Crippen LogP contribution in [-0.4, -0.2) is 47.2 Å². The van der Waals surface area contributed by atoms with Crippen LogP contribution in [0.15, 0.2) is 30.3 Å². The molecule has 0 N–H and O–H groups in total. The van der Waals surface area contributed by atoms with Gasteiger partial charge >= 0.3 is 6.09 Å². The Balaban J connectivity index is 2.00. The van der Waals surface area contributed by atoms with E-state index < -0.39 is 5.60 Å². The molecule has 0 saturated carbocycles. The van der Waals surface area contributed by atoms with Crippen molar-refractivity contribution in [2.24, 2.45) is 0 Å². The van der Waals surface area contributed by atoms with E-state index in [1.807, 2.05) is 27.8 Å².